The Morgan fingerprint density at radius 3 is 2.35 bits per heavy atom. The molecule has 1 unspecified atom stereocenters. The van der Waals surface area contributed by atoms with Gasteiger partial charge in [-0.15, -0.1) is 0 Å². The van der Waals surface area contributed by atoms with Crippen molar-refractivity contribution in [2.24, 2.45) is 0 Å². The number of nitrogens with one attached hydrogen (secondary N) is 1. The molecule has 4 heterocycles. The standard InChI is InChI=1S/C41H47FN6O4/c1-50-36-25-29(26-37(51-2)38(36)52-3)39(49)47-21-8-18-41(28-47,30-12-14-31(42)15-13-30)19-24-46-22-16-32(17-23-46)44-40-45-34-10-4-5-11-35(34)48(40)27-33-9-6-7-20-43-33/h4-7,9-15,20,25-26,32H,8,16-19,21-24,27-28H2,1-3H3,(H,44,45). The van der Waals surface area contributed by atoms with Crippen LogP contribution in [0, 0.1) is 5.82 Å². The lowest BCUT2D eigenvalue weighted by Crippen LogP contribution is -2.50. The minimum Gasteiger partial charge on any atom is -0.493 e. The van der Waals surface area contributed by atoms with Crippen molar-refractivity contribution in [3.05, 3.63) is 108 Å². The molecule has 2 fully saturated rings. The number of amides is 1. The average Bonchev–Trinajstić information content (AvgIpc) is 3.53. The van der Waals surface area contributed by atoms with E-state index in [9.17, 15) is 9.18 Å². The van der Waals surface area contributed by atoms with E-state index in [0.29, 0.717) is 48.5 Å². The predicted molar refractivity (Wildman–Crippen MR) is 200 cm³/mol. The number of hydrogen-bond donors (Lipinski definition) is 1. The highest BCUT2D eigenvalue weighted by Crippen LogP contribution is 2.41. The Morgan fingerprint density at radius 1 is 0.923 bits per heavy atom. The SMILES string of the molecule is COc1cc(C(=O)N2CCCC(CCN3CCC(Nc4nc5ccccc5n4Cc4ccccn4)CC3)(c3ccc(F)cc3)C2)cc(OC)c1OC. The van der Waals surface area contributed by atoms with Gasteiger partial charge >= 0.3 is 0 Å². The quantitative estimate of drug-likeness (QED) is 0.152. The van der Waals surface area contributed by atoms with Gasteiger partial charge < -0.3 is 33.9 Å². The van der Waals surface area contributed by atoms with E-state index in [-0.39, 0.29) is 17.1 Å². The topological polar surface area (TPSA) is 94.0 Å². The van der Waals surface area contributed by atoms with E-state index in [1.807, 2.05) is 47.5 Å². The van der Waals surface area contributed by atoms with Crippen LogP contribution in [0.2, 0.25) is 0 Å². The molecule has 10 nitrogen and oxygen atoms in total. The fraction of sp³-hybridized carbons (Fsp3) is 0.390. The molecular weight excluding hydrogens is 659 g/mol. The number of likely N-dealkylation sites (tertiary alicyclic amines) is 2. The molecule has 3 aromatic carbocycles. The molecule has 0 radical (unpaired) electrons. The Balaban J connectivity index is 1.04. The normalized spacial score (nSPS) is 18.3. The number of imidazole rings is 1. The molecule has 0 aliphatic carbocycles. The van der Waals surface area contributed by atoms with E-state index in [1.165, 1.54) is 12.1 Å². The minimum atomic E-state index is -0.312. The molecule has 1 N–H and O–H groups in total. The first-order valence-corrected chi connectivity index (χ1v) is 18.1. The second-order valence-corrected chi connectivity index (χ2v) is 13.9. The summed E-state index contributed by atoms with van der Waals surface area (Å²) in [7, 11) is 4.64. The summed E-state index contributed by atoms with van der Waals surface area (Å²) in [5.74, 6) is 1.85. The van der Waals surface area contributed by atoms with Crippen LogP contribution in [-0.4, -0.2) is 90.3 Å². The average molecular weight is 707 g/mol. The van der Waals surface area contributed by atoms with Crippen molar-refractivity contribution in [1.82, 2.24) is 24.3 Å². The number of carbonyl (C=O) groups excluding carboxylic acids is 1. The maximum atomic E-state index is 14.2. The first kappa shape index (κ1) is 35.3. The number of piperidine rings is 2. The van der Waals surface area contributed by atoms with Gasteiger partial charge in [0.25, 0.3) is 5.91 Å². The van der Waals surface area contributed by atoms with Crippen LogP contribution < -0.4 is 19.5 Å². The number of carbonyl (C=O) groups is 1. The molecule has 1 atom stereocenters. The Kier molecular flexibility index (Phi) is 10.6. The summed E-state index contributed by atoms with van der Waals surface area (Å²) in [6.45, 7) is 4.61. The fourth-order valence-electron chi connectivity index (χ4n) is 7.93. The van der Waals surface area contributed by atoms with Crippen LogP contribution in [0.4, 0.5) is 10.3 Å². The molecule has 5 aromatic rings. The number of aromatic nitrogens is 3. The molecule has 0 bridgehead atoms. The smallest absolute Gasteiger partial charge is 0.254 e. The number of anilines is 1. The highest BCUT2D eigenvalue weighted by molar-refractivity contribution is 5.96. The molecule has 272 valence electrons. The molecule has 2 aliphatic rings. The van der Waals surface area contributed by atoms with Crippen LogP contribution in [0.1, 0.15) is 53.7 Å². The molecule has 52 heavy (non-hydrogen) atoms. The van der Waals surface area contributed by atoms with E-state index in [0.717, 1.165) is 80.0 Å². The number of para-hydroxylation sites is 2. The van der Waals surface area contributed by atoms with Crippen molar-refractivity contribution in [3.63, 3.8) is 0 Å². The van der Waals surface area contributed by atoms with Gasteiger partial charge in [0.2, 0.25) is 11.7 Å². The largest absolute Gasteiger partial charge is 0.493 e. The number of rotatable bonds is 12. The third-order valence-electron chi connectivity index (χ3n) is 10.8. The van der Waals surface area contributed by atoms with Crippen LogP contribution >= 0.6 is 0 Å². The van der Waals surface area contributed by atoms with E-state index < -0.39 is 0 Å². The van der Waals surface area contributed by atoms with Gasteiger partial charge in [0.05, 0.1) is 44.6 Å². The number of benzene rings is 3. The minimum absolute atomic E-state index is 0.0913. The number of fused-ring (bicyclic) bond motifs is 1. The van der Waals surface area contributed by atoms with Gasteiger partial charge in [-0.05, 0) is 92.7 Å². The van der Waals surface area contributed by atoms with Gasteiger partial charge in [-0.1, -0.05) is 30.3 Å². The second kappa shape index (κ2) is 15.6. The molecule has 7 rings (SSSR count). The van der Waals surface area contributed by atoms with Crippen LogP contribution in [-0.2, 0) is 12.0 Å². The fourth-order valence-corrected chi connectivity index (χ4v) is 7.93. The molecule has 11 heteroatoms. The first-order chi connectivity index (χ1) is 25.4. The van der Waals surface area contributed by atoms with Crippen LogP contribution in [0.25, 0.3) is 11.0 Å². The first-order valence-electron chi connectivity index (χ1n) is 18.1. The molecule has 2 aromatic heterocycles. The van der Waals surface area contributed by atoms with Crippen molar-refractivity contribution in [1.29, 1.82) is 0 Å². The van der Waals surface area contributed by atoms with Gasteiger partial charge in [-0.2, -0.15) is 0 Å². The van der Waals surface area contributed by atoms with Gasteiger partial charge in [0, 0.05) is 49.4 Å². The molecule has 2 saturated heterocycles. The summed E-state index contributed by atoms with van der Waals surface area (Å²) in [6.07, 6.45) is 6.43. The maximum absolute atomic E-state index is 14.2. The van der Waals surface area contributed by atoms with Crippen molar-refractivity contribution < 1.29 is 23.4 Å². The lowest BCUT2D eigenvalue weighted by Gasteiger charge is -2.45. The highest BCUT2D eigenvalue weighted by atomic mass is 19.1. The summed E-state index contributed by atoms with van der Waals surface area (Å²) in [6, 6.07) is 24.8. The van der Waals surface area contributed by atoms with E-state index >= 15 is 0 Å². The molecule has 1 amide bonds. The number of nitrogens with zero attached hydrogens (tertiary/aromatic N) is 5. The lowest BCUT2D eigenvalue weighted by atomic mass is 9.71. The number of pyridine rings is 1. The van der Waals surface area contributed by atoms with Crippen molar-refractivity contribution in [3.8, 4) is 17.2 Å². The zero-order chi connectivity index (χ0) is 36.1. The zero-order valence-corrected chi connectivity index (χ0v) is 30.2. The van der Waals surface area contributed by atoms with E-state index in [1.54, 1.807) is 33.5 Å². The molecule has 0 spiro atoms. The summed E-state index contributed by atoms with van der Waals surface area (Å²) in [4.78, 5) is 28.1. The van der Waals surface area contributed by atoms with Crippen LogP contribution in [0.5, 0.6) is 17.2 Å². The third-order valence-corrected chi connectivity index (χ3v) is 10.8. The number of halogens is 1. The number of ether oxygens (including phenoxy) is 3. The Labute approximate surface area is 304 Å². The number of hydrogen-bond acceptors (Lipinski definition) is 8. The van der Waals surface area contributed by atoms with Crippen molar-refractivity contribution in [2.45, 2.75) is 50.1 Å². The van der Waals surface area contributed by atoms with Gasteiger partial charge in [-0.25, -0.2) is 9.37 Å². The Morgan fingerprint density at radius 2 is 1.65 bits per heavy atom. The van der Waals surface area contributed by atoms with E-state index in [4.69, 9.17) is 19.2 Å². The molecular formula is C41H47FN6O4. The number of methoxy groups -OCH3 is 3. The monoisotopic (exact) mass is 706 g/mol. The van der Waals surface area contributed by atoms with Crippen LogP contribution in [0.15, 0.2) is 85.1 Å². The summed E-state index contributed by atoms with van der Waals surface area (Å²) < 4.78 is 32.9. The molecule has 2 aliphatic heterocycles. The van der Waals surface area contributed by atoms with Gasteiger partial charge in [0.15, 0.2) is 11.5 Å². The van der Waals surface area contributed by atoms with Gasteiger partial charge in [0.1, 0.15) is 5.82 Å². The van der Waals surface area contributed by atoms with Crippen molar-refractivity contribution in [2.75, 3.05) is 59.4 Å². The summed E-state index contributed by atoms with van der Waals surface area (Å²) >= 11 is 0. The van der Waals surface area contributed by atoms with Gasteiger partial charge in [-0.3, -0.25) is 9.78 Å². The summed E-state index contributed by atoms with van der Waals surface area (Å²) in [5.41, 5.74) is 4.28. The predicted octanol–water partition coefficient (Wildman–Crippen LogP) is 6.79. The van der Waals surface area contributed by atoms with Crippen LogP contribution in [0.3, 0.4) is 0 Å². The Hall–Kier alpha value is -5.16. The summed E-state index contributed by atoms with van der Waals surface area (Å²) in [5, 5.41) is 3.77. The Bertz CT molecular complexity index is 1950. The lowest BCUT2D eigenvalue weighted by molar-refractivity contribution is 0.0606. The second-order valence-electron chi connectivity index (χ2n) is 13.9. The zero-order valence-electron chi connectivity index (χ0n) is 30.2. The van der Waals surface area contributed by atoms with Crippen molar-refractivity contribution >= 4 is 22.9 Å². The third kappa shape index (κ3) is 7.41. The highest BCUT2D eigenvalue weighted by Gasteiger charge is 2.39. The van der Waals surface area contributed by atoms with E-state index in [2.05, 4.69) is 38.0 Å². The molecule has 0 saturated carbocycles. The maximum Gasteiger partial charge on any atom is 0.254 e.